The van der Waals surface area contributed by atoms with Crippen molar-refractivity contribution in [3.8, 4) is 11.5 Å². The molecule has 0 aliphatic carbocycles. The molecule has 46 heavy (non-hydrogen) atoms. The molecule has 1 atom stereocenters. The van der Waals surface area contributed by atoms with Crippen LogP contribution in [0.3, 0.4) is 0 Å². The summed E-state index contributed by atoms with van der Waals surface area (Å²) >= 11 is 0. The number of carbonyl (C=O) groups excluding carboxylic acids is 2. The Morgan fingerprint density at radius 3 is 2.39 bits per heavy atom. The lowest BCUT2D eigenvalue weighted by Gasteiger charge is -2.40. The molecule has 2 aliphatic heterocycles. The third kappa shape index (κ3) is 5.90. The fourth-order valence-electron chi connectivity index (χ4n) is 6.19. The summed E-state index contributed by atoms with van der Waals surface area (Å²) in [5.74, 6) is -3.75. The number of aliphatic hydroxyl groups is 2. The van der Waals surface area contributed by atoms with E-state index in [1.165, 1.54) is 5.56 Å². The molecule has 10 heteroatoms. The van der Waals surface area contributed by atoms with Gasteiger partial charge in [0.25, 0.3) is 0 Å². The monoisotopic (exact) mass is 622 g/mol. The van der Waals surface area contributed by atoms with Crippen molar-refractivity contribution in [2.75, 3.05) is 26.2 Å². The molecule has 7 rings (SSSR count). The maximum Gasteiger partial charge on any atom is 0.451 e. The van der Waals surface area contributed by atoms with Gasteiger partial charge in [-0.3, -0.25) is 0 Å². The zero-order valence-electron chi connectivity index (χ0n) is 25.1. The summed E-state index contributed by atoms with van der Waals surface area (Å²) in [4.78, 5) is 29.2. The molecular formula is C36H34N2O8. The van der Waals surface area contributed by atoms with Crippen LogP contribution in [0.4, 0.5) is 0 Å². The fraction of sp³-hybridized carbons (Fsp3) is 0.278. The number of rotatable bonds is 10. The van der Waals surface area contributed by atoms with E-state index < -0.39 is 29.6 Å². The molecule has 2 fully saturated rings. The number of carbonyl (C=O) groups is 2. The first kappa shape index (κ1) is 29.8. The Morgan fingerprint density at radius 2 is 1.61 bits per heavy atom. The molecule has 0 bridgehead atoms. The van der Waals surface area contributed by atoms with Gasteiger partial charge in [-0.1, -0.05) is 54.6 Å². The molecule has 3 heterocycles. The van der Waals surface area contributed by atoms with Gasteiger partial charge in [0.1, 0.15) is 11.5 Å². The predicted octanol–water partition coefficient (Wildman–Crippen LogP) is 4.42. The number of likely N-dealkylation sites (tertiary alicyclic amines) is 1. The van der Waals surface area contributed by atoms with Crippen molar-refractivity contribution >= 4 is 33.6 Å². The van der Waals surface area contributed by atoms with Gasteiger partial charge in [0, 0.05) is 43.2 Å². The van der Waals surface area contributed by atoms with Crippen LogP contribution in [-0.2, 0) is 31.1 Å². The Hall–Kier alpha value is -4.90. The first-order valence-electron chi connectivity index (χ1n) is 15.4. The number of nitrogens with one attached hydrogen (secondary N) is 1. The van der Waals surface area contributed by atoms with E-state index in [1.54, 1.807) is 24.4 Å². The lowest BCUT2D eigenvalue weighted by molar-refractivity contribution is -0.318. The standard InChI is InChI=1S/C36H34N2O8/c39-32(36(45-33(40)34(41)46-36)44-31-8-4-7-30-29(31)13-17-37-30)23-38-18-15-35(42,16-19-38)27-11-9-26-22-28(12-10-25(26)21-27)43-20-14-24-5-2-1-3-6-24/h1-13,17,21-22,32,37,39,42H,14-16,18-20,23H2/t32-/m0/s1. The first-order valence-corrected chi connectivity index (χ1v) is 15.4. The molecule has 0 spiro atoms. The highest BCUT2D eigenvalue weighted by molar-refractivity contribution is 6.31. The maximum atomic E-state index is 12.1. The van der Waals surface area contributed by atoms with Crippen LogP contribution in [0.2, 0.25) is 0 Å². The third-order valence-corrected chi connectivity index (χ3v) is 8.82. The summed E-state index contributed by atoms with van der Waals surface area (Å²) in [6.45, 7) is 1.43. The van der Waals surface area contributed by atoms with E-state index >= 15 is 0 Å². The minimum atomic E-state index is -2.34. The quantitative estimate of drug-likeness (QED) is 0.153. The summed E-state index contributed by atoms with van der Waals surface area (Å²) in [5, 5.41) is 25.6. The van der Waals surface area contributed by atoms with Gasteiger partial charge in [0.15, 0.2) is 6.10 Å². The number of β-amino-alcohol motifs (C(OH)–C–C–N with tert-alkyl or cyclic N) is 1. The molecule has 0 radical (unpaired) electrons. The highest BCUT2D eigenvalue weighted by atomic mass is 16.9. The van der Waals surface area contributed by atoms with Crippen LogP contribution in [-0.4, -0.2) is 70.4 Å². The minimum Gasteiger partial charge on any atom is -0.493 e. The Morgan fingerprint density at radius 1 is 0.870 bits per heavy atom. The summed E-state index contributed by atoms with van der Waals surface area (Å²) < 4.78 is 22.4. The van der Waals surface area contributed by atoms with Gasteiger partial charge in [-0.05, 0) is 71.1 Å². The smallest absolute Gasteiger partial charge is 0.451 e. The molecule has 3 N–H and O–H groups in total. The largest absolute Gasteiger partial charge is 0.493 e. The van der Waals surface area contributed by atoms with Crippen LogP contribution < -0.4 is 9.47 Å². The van der Waals surface area contributed by atoms with E-state index in [9.17, 15) is 19.8 Å². The number of ether oxygens (including phenoxy) is 4. The third-order valence-electron chi connectivity index (χ3n) is 8.82. The second-order valence-corrected chi connectivity index (χ2v) is 11.8. The van der Waals surface area contributed by atoms with E-state index in [4.69, 9.17) is 18.9 Å². The number of aromatic nitrogens is 1. The summed E-state index contributed by atoms with van der Waals surface area (Å²) in [5.41, 5.74) is 1.74. The van der Waals surface area contributed by atoms with E-state index in [-0.39, 0.29) is 12.3 Å². The molecule has 5 aromatic rings. The SMILES string of the molecule is O=C1OC(Oc2cccc3[nH]ccc23)([C@@H](O)CN2CCC(O)(c3ccc4cc(OCCc5ccccc5)ccc4c3)CC2)OC1=O. The van der Waals surface area contributed by atoms with Crippen molar-refractivity contribution in [1.82, 2.24) is 9.88 Å². The molecule has 2 aliphatic rings. The van der Waals surface area contributed by atoms with Crippen molar-refractivity contribution in [3.63, 3.8) is 0 Å². The van der Waals surface area contributed by atoms with Crippen molar-refractivity contribution in [2.24, 2.45) is 0 Å². The topological polar surface area (TPSA) is 131 Å². The number of H-pyrrole nitrogens is 1. The highest BCUT2D eigenvalue weighted by Gasteiger charge is 2.58. The molecule has 2 saturated heterocycles. The normalized spacial score (nSPS) is 18.3. The Labute approximate surface area is 265 Å². The number of aromatic amines is 1. The number of cyclic esters (lactones) is 2. The molecule has 236 valence electrons. The Kier molecular flexibility index (Phi) is 7.85. The van der Waals surface area contributed by atoms with Crippen LogP contribution in [0, 0.1) is 0 Å². The van der Waals surface area contributed by atoms with Crippen molar-refractivity contribution < 1.29 is 38.7 Å². The second kappa shape index (κ2) is 12.1. The van der Waals surface area contributed by atoms with Crippen molar-refractivity contribution in [1.29, 1.82) is 0 Å². The number of piperidine rings is 1. The Bertz CT molecular complexity index is 1860. The van der Waals surface area contributed by atoms with Gasteiger partial charge in [-0.15, -0.1) is 0 Å². The van der Waals surface area contributed by atoms with Crippen LogP contribution >= 0.6 is 0 Å². The molecule has 0 saturated carbocycles. The molecular weight excluding hydrogens is 588 g/mol. The number of esters is 2. The Balaban J connectivity index is 0.995. The summed E-state index contributed by atoms with van der Waals surface area (Å²) in [6, 6.07) is 29.1. The molecule has 4 aromatic carbocycles. The highest BCUT2D eigenvalue weighted by Crippen LogP contribution is 2.37. The van der Waals surface area contributed by atoms with Crippen LogP contribution in [0.25, 0.3) is 21.7 Å². The number of aliphatic hydroxyl groups excluding tert-OH is 1. The van der Waals surface area contributed by atoms with Crippen molar-refractivity contribution in [2.45, 2.75) is 36.9 Å². The number of hydrogen-bond donors (Lipinski definition) is 3. The van der Waals surface area contributed by atoms with Crippen molar-refractivity contribution in [3.05, 3.63) is 108 Å². The molecule has 10 nitrogen and oxygen atoms in total. The van der Waals surface area contributed by atoms with E-state index in [1.807, 2.05) is 65.6 Å². The number of fused-ring (bicyclic) bond motifs is 2. The zero-order chi connectivity index (χ0) is 31.7. The van der Waals surface area contributed by atoms with Crippen LogP contribution in [0.1, 0.15) is 24.0 Å². The minimum absolute atomic E-state index is 0.0233. The van der Waals surface area contributed by atoms with Crippen LogP contribution in [0.15, 0.2) is 97.2 Å². The number of nitrogens with zero attached hydrogens (tertiary/aromatic N) is 1. The summed E-state index contributed by atoms with van der Waals surface area (Å²) in [6.07, 6.45) is 1.84. The zero-order valence-corrected chi connectivity index (χ0v) is 25.1. The average Bonchev–Trinajstić information content (AvgIpc) is 3.67. The van der Waals surface area contributed by atoms with Gasteiger partial charge in [0.05, 0.1) is 12.2 Å². The molecule has 0 unspecified atom stereocenters. The first-order chi connectivity index (χ1) is 22.3. The van der Waals surface area contributed by atoms with Gasteiger partial charge in [-0.25, -0.2) is 9.59 Å². The van der Waals surface area contributed by atoms with Gasteiger partial charge in [0.2, 0.25) is 0 Å². The van der Waals surface area contributed by atoms with Crippen LogP contribution in [0.5, 0.6) is 11.5 Å². The fourth-order valence-corrected chi connectivity index (χ4v) is 6.19. The number of benzene rings is 4. The van der Waals surface area contributed by atoms with Gasteiger partial charge < -0.3 is 39.0 Å². The lowest BCUT2D eigenvalue weighted by Crippen LogP contribution is -2.55. The molecule has 1 aromatic heterocycles. The number of hydrogen-bond acceptors (Lipinski definition) is 9. The van der Waals surface area contributed by atoms with Gasteiger partial charge in [-0.2, -0.15) is 0 Å². The summed E-state index contributed by atoms with van der Waals surface area (Å²) in [7, 11) is 0. The van der Waals surface area contributed by atoms with E-state index in [2.05, 4.69) is 17.1 Å². The lowest BCUT2D eigenvalue weighted by atomic mass is 9.83. The van der Waals surface area contributed by atoms with E-state index in [0.717, 1.165) is 34.0 Å². The molecule has 0 amide bonds. The predicted molar refractivity (Wildman–Crippen MR) is 169 cm³/mol. The average molecular weight is 623 g/mol. The second-order valence-electron chi connectivity index (χ2n) is 11.8. The van der Waals surface area contributed by atoms with Gasteiger partial charge >= 0.3 is 17.9 Å². The maximum absolute atomic E-state index is 12.1. The van der Waals surface area contributed by atoms with E-state index in [0.29, 0.717) is 37.9 Å².